The van der Waals surface area contributed by atoms with Crippen LogP contribution in [0.4, 0.5) is 15.5 Å². The lowest BCUT2D eigenvalue weighted by atomic mass is 10.2. The Morgan fingerprint density at radius 1 is 0.735 bits per heavy atom. The molecule has 0 radical (unpaired) electrons. The van der Waals surface area contributed by atoms with Crippen LogP contribution < -0.4 is 10.2 Å². The van der Waals surface area contributed by atoms with Gasteiger partial charge in [-0.1, -0.05) is 0 Å². The number of halogens is 2. The molecule has 3 heterocycles. The average molecular weight is 520 g/mol. The molecule has 0 saturated carbocycles. The Labute approximate surface area is 211 Å². The van der Waals surface area contributed by atoms with Crippen LogP contribution in [0.1, 0.15) is 41.5 Å². The smallest absolute Gasteiger partial charge is 0.410 e. The fourth-order valence-corrected chi connectivity index (χ4v) is 3.40. The molecule has 0 spiro atoms. The van der Waals surface area contributed by atoms with Gasteiger partial charge in [-0.3, -0.25) is 0 Å². The molecule has 2 fully saturated rings. The van der Waals surface area contributed by atoms with Crippen LogP contribution in [0.15, 0.2) is 0 Å². The van der Waals surface area contributed by atoms with Gasteiger partial charge in [0.2, 0.25) is 16.5 Å². The second-order valence-electron chi connectivity index (χ2n) is 9.85. The van der Waals surface area contributed by atoms with Crippen molar-refractivity contribution in [2.75, 3.05) is 57.3 Å². The zero-order valence-corrected chi connectivity index (χ0v) is 22.2. The summed E-state index contributed by atoms with van der Waals surface area (Å²) in [6.45, 7) is 16.6. The Morgan fingerprint density at radius 2 is 1.15 bits per heavy atom. The third-order valence-corrected chi connectivity index (χ3v) is 4.89. The number of nitrogens with one attached hydrogen (secondary N) is 1. The van der Waals surface area contributed by atoms with Crippen LogP contribution in [0.2, 0.25) is 10.6 Å². The predicted molar refractivity (Wildman–Crippen MR) is 131 cm³/mol. The summed E-state index contributed by atoms with van der Waals surface area (Å²) >= 11 is 11.5. The highest BCUT2D eigenvalue weighted by molar-refractivity contribution is 6.31. The first-order valence-electron chi connectivity index (χ1n) is 11.2. The van der Waals surface area contributed by atoms with Crippen LogP contribution >= 0.6 is 23.2 Å². The second-order valence-corrected chi connectivity index (χ2v) is 10.5. The van der Waals surface area contributed by atoms with E-state index in [2.05, 4.69) is 20.3 Å². The normalized spacial score (nSPS) is 17.0. The minimum Gasteiger partial charge on any atom is -0.444 e. The highest BCUT2D eigenvalue weighted by Gasteiger charge is 2.27. The standard InChI is InChI=1S/C12H17Cl2N5O2.C9H18N2O2/c1-12(2,3)21-11(20)19-6-4-18(5-7-19)10-16-8(13)15-9(14)17-10;1-9(2,3)13-8(12)11-6-4-10-5-7-11/h4-7H2,1-3H3;10H,4-7H2,1-3H3. The molecule has 0 aromatic carbocycles. The van der Waals surface area contributed by atoms with Crippen molar-refractivity contribution in [3.05, 3.63) is 10.6 Å². The van der Waals surface area contributed by atoms with Gasteiger partial charge in [-0.25, -0.2) is 9.59 Å². The number of nitrogens with zero attached hydrogens (tertiary/aromatic N) is 6. The molecule has 2 amide bonds. The minimum absolute atomic E-state index is 0.0552. The molecule has 2 saturated heterocycles. The number of carbonyl (C=O) groups excluding carboxylic acids is 2. The van der Waals surface area contributed by atoms with E-state index < -0.39 is 5.60 Å². The van der Waals surface area contributed by atoms with Crippen molar-refractivity contribution in [3.8, 4) is 0 Å². The average Bonchev–Trinajstić information content (AvgIpc) is 2.72. The van der Waals surface area contributed by atoms with Gasteiger partial charge in [-0.2, -0.15) is 15.0 Å². The fraction of sp³-hybridized carbons (Fsp3) is 0.762. The molecular weight excluding hydrogens is 485 g/mol. The summed E-state index contributed by atoms with van der Waals surface area (Å²) < 4.78 is 10.6. The zero-order valence-electron chi connectivity index (χ0n) is 20.7. The maximum atomic E-state index is 12.0. The summed E-state index contributed by atoms with van der Waals surface area (Å²) in [5, 5.41) is 3.29. The first-order valence-corrected chi connectivity index (χ1v) is 12.0. The SMILES string of the molecule is CC(C)(C)OC(=O)N1CCN(c2nc(Cl)nc(Cl)n2)CC1.CC(C)(C)OC(=O)N1CCNCC1. The molecule has 0 bridgehead atoms. The molecule has 34 heavy (non-hydrogen) atoms. The topological polar surface area (TPSA) is 113 Å². The van der Waals surface area contributed by atoms with Gasteiger partial charge in [0.05, 0.1) is 0 Å². The molecular formula is C21H35Cl2N7O4. The van der Waals surface area contributed by atoms with Crippen LogP contribution in [0.3, 0.4) is 0 Å². The lowest BCUT2D eigenvalue weighted by Crippen LogP contribution is -2.50. The summed E-state index contributed by atoms with van der Waals surface area (Å²) in [6.07, 6.45) is -0.511. The van der Waals surface area contributed by atoms with Gasteiger partial charge < -0.3 is 29.5 Å². The molecule has 0 aliphatic carbocycles. The summed E-state index contributed by atoms with van der Waals surface area (Å²) in [5.74, 6) is 0.420. The van der Waals surface area contributed by atoms with Gasteiger partial charge in [0, 0.05) is 52.4 Å². The number of piperazine rings is 2. The lowest BCUT2D eigenvalue weighted by molar-refractivity contribution is 0.0223. The summed E-state index contributed by atoms with van der Waals surface area (Å²) in [4.78, 5) is 40.5. The first kappa shape index (κ1) is 28.1. The van der Waals surface area contributed by atoms with Gasteiger partial charge >= 0.3 is 12.2 Å². The maximum absolute atomic E-state index is 12.0. The largest absolute Gasteiger partial charge is 0.444 e. The van der Waals surface area contributed by atoms with Crippen molar-refractivity contribution in [3.63, 3.8) is 0 Å². The molecule has 1 aromatic rings. The van der Waals surface area contributed by atoms with Crippen molar-refractivity contribution in [1.82, 2.24) is 30.1 Å². The molecule has 1 aromatic heterocycles. The van der Waals surface area contributed by atoms with Crippen LogP contribution in [-0.4, -0.2) is 100 Å². The van der Waals surface area contributed by atoms with E-state index in [1.165, 1.54) is 0 Å². The summed E-state index contributed by atoms with van der Waals surface area (Å²) in [7, 11) is 0. The highest BCUT2D eigenvalue weighted by atomic mass is 35.5. The number of hydrogen-bond donors (Lipinski definition) is 1. The van der Waals surface area contributed by atoms with E-state index in [1.54, 1.807) is 9.80 Å². The van der Waals surface area contributed by atoms with Gasteiger partial charge in [-0.15, -0.1) is 0 Å². The van der Waals surface area contributed by atoms with Crippen LogP contribution in [-0.2, 0) is 9.47 Å². The van der Waals surface area contributed by atoms with E-state index in [4.69, 9.17) is 32.7 Å². The second kappa shape index (κ2) is 12.0. The Morgan fingerprint density at radius 3 is 1.56 bits per heavy atom. The third kappa shape index (κ3) is 10.0. The van der Waals surface area contributed by atoms with Crippen molar-refractivity contribution in [2.45, 2.75) is 52.7 Å². The zero-order chi connectivity index (χ0) is 25.5. The monoisotopic (exact) mass is 519 g/mol. The van der Waals surface area contributed by atoms with Crippen molar-refractivity contribution < 1.29 is 19.1 Å². The summed E-state index contributed by atoms with van der Waals surface area (Å²) in [5.41, 5.74) is -0.883. The molecule has 1 N–H and O–H groups in total. The number of anilines is 1. The summed E-state index contributed by atoms with van der Waals surface area (Å²) in [6, 6.07) is 0. The molecule has 0 atom stereocenters. The van der Waals surface area contributed by atoms with Gasteiger partial charge in [0.1, 0.15) is 11.2 Å². The molecule has 13 heteroatoms. The molecule has 192 valence electrons. The Kier molecular flexibility index (Phi) is 9.96. The number of ether oxygens (including phenoxy) is 2. The van der Waals surface area contributed by atoms with E-state index in [-0.39, 0.29) is 28.4 Å². The Balaban J connectivity index is 0.000000270. The van der Waals surface area contributed by atoms with Crippen molar-refractivity contribution in [2.24, 2.45) is 0 Å². The van der Waals surface area contributed by atoms with Crippen molar-refractivity contribution in [1.29, 1.82) is 0 Å². The molecule has 11 nitrogen and oxygen atoms in total. The van der Waals surface area contributed by atoms with Gasteiger partial charge in [0.25, 0.3) is 0 Å². The fourth-order valence-electron chi connectivity index (χ4n) is 3.05. The number of rotatable bonds is 1. The van der Waals surface area contributed by atoms with Gasteiger partial charge in [0.15, 0.2) is 0 Å². The van der Waals surface area contributed by atoms with E-state index in [0.29, 0.717) is 32.1 Å². The number of amides is 2. The van der Waals surface area contributed by atoms with Crippen molar-refractivity contribution >= 4 is 41.3 Å². The maximum Gasteiger partial charge on any atom is 0.410 e. The van der Waals surface area contributed by atoms with Crippen LogP contribution in [0, 0.1) is 0 Å². The quantitative estimate of drug-likeness (QED) is 0.597. The molecule has 2 aliphatic rings. The lowest BCUT2D eigenvalue weighted by Gasteiger charge is -2.35. The van der Waals surface area contributed by atoms with Crippen LogP contribution in [0.5, 0.6) is 0 Å². The Bertz CT molecular complexity index is 811. The van der Waals surface area contributed by atoms with Crippen LogP contribution in [0.25, 0.3) is 0 Å². The number of aromatic nitrogens is 3. The van der Waals surface area contributed by atoms with E-state index in [1.807, 2.05) is 46.4 Å². The highest BCUT2D eigenvalue weighted by Crippen LogP contribution is 2.17. The minimum atomic E-state index is -0.497. The number of hydrogen-bond acceptors (Lipinski definition) is 9. The first-order chi connectivity index (χ1) is 15.7. The van der Waals surface area contributed by atoms with E-state index in [9.17, 15) is 9.59 Å². The molecule has 0 unspecified atom stereocenters. The van der Waals surface area contributed by atoms with E-state index >= 15 is 0 Å². The number of carbonyl (C=O) groups is 2. The molecule has 3 rings (SSSR count). The Hall–Kier alpha value is -2.11. The van der Waals surface area contributed by atoms with E-state index in [0.717, 1.165) is 26.2 Å². The third-order valence-electron chi connectivity index (χ3n) is 4.55. The predicted octanol–water partition coefficient (Wildman–Crippen LogP) is 3.06. The molecule has 2 aliphatic heterocycles. The van der Waals surface area contributed by atoms with Gasteiger partial charge in [-0.05, 0) is 64.7 Å².